The minimum atomic E-state index is -0.546. The SMILES string of the molecule is CC(=O)[C@H](C)n1c(CN2CCN(c3ccccc3)CC2)nc2c1c(=O)n(C)c(=O)n2C. The van der Waals surface area contributed by atoms with E-state index in [0.717, 1.165) is 30.7 Å². The Kier molecular flexibility index (Phi) is 5.53. The lowest BCUT2D eigenvalue weighted by atomic mass is 10.2. The maximum Gasteiger partial charge on any atom is 0.332 e. The number of ketones is 1. The molecule has 31 heavy (non-hydrogen) atoms. The summed E-state index contributed by atoms with van der Waals surface area (Å²) in [7, 11) is 3.05. The molecule has 0 radical (unpaired) electrons. The highest BCUT2D eigenvalue weighted by atomic mass is 16.2. The normalized spacial score (nSPS) is 16.1. The van der Waals surface area contributed by atoms with E-state index in [0.29, 0.717) is 23.5 Å². The van der Waals surface area contributed by atoms with E-state index in [1.54, 1.807) is 18.5 Å². The maximum atomic E-state index is 12.9. The highest BCUT2D eigenvalue weighted by Crippen LogP contribution is 2.21. The van der Waals surface area contributed by atoms with Crippen molar-refractivity contribution in [3.05, 3.63) is 57.0 Å². The van der Waals surface area contributed by atoms with Gasteiger partial charge in [0, 0.05) is 46.0 Å². The number of para-hydroxylation sites is 1. The van der Waals surface area contributed by atoms with Crippen LogP contribution >= 0.6 is 0 Å². The van der Waals surface area contributed by atoms with Crippen LogP contribution in [0.5, 0.6) is 0 Å². The molecule has 4 rings (SSSR count). The minimum Gasteiger partial charge on any atom is -0.369 e. The predicted octanol–water partition coefficient (Wildman–Crippen LogP) is 0.906. The van der Waals surface area contributed by atoms with Crippen molar-refractivity contribution in [3.8, 4) is 0 Å². The lowest BCUT2D eigenvalue weighted by molar-refractivity contribution is -0.119. The Bertz CT molecular complexity index is 1230. The average molecular weight is 425 g/mol. The number of benzene rings is 1. The molecule has 1 aliphatic rings. The molecule has 0 amide bonds. The van der Waals surface area contributed by atoms with Gasteiger partial charge < -0.3 is 9.47 Å². The van der Waals surface area contributed by atoms with Gasteiger partial charge >= 0.3 is 5.69 Å². The van der Waals surface area contributed by atoms with Gasteiger partial charge in [-0.3, -0.25) is 23.6 Å². The molecule has 1 aromatic carbocycles. The molecule has 164 valence electrons. The highest BCUT2D eigenvalue weighted by molar-refractivity contribution is 5.82. The van der Waals surface area contributed by atoms with Crippen molar-refractivity contribution in [2.24, 2.45) is 14.1 Å². The van der Waals surface area contributed by atoms with Crippen LogP contribution < -0.4 is 16.1 Å². The topological polar surface area (TPSA) is 85.4 Å². The predicted molar refractivity (Wildman–Crippen MR) is 120 cm³/mol. The molecule has 1 aliphatic heterocycles. The van der Waals surface area contributed by atoms with Gasteiger partial charge in [0.1, 0.15) is 5.82 Å². The van der Waals surface area contributed by atoms with Gasteiger partial charge in [-0.05, 0) is 26.0 Å². The van der Waals surface area contributed by atoms with E-state index in [2.05, 4.69) is 26.9 Å². The number of anilines is 1. The Hall–Kier alpha value is -3.20. The molecule has 0 bridgehead atoms. The van der Waals surface area contributed by atoms with Gasteiger partial charge in [0.25, 0.3) is 5.56 Å². The Balaban J connectivity index is 1.68. The molecule has 3 heterocycles. The zero-order chi connectivity index (χ0) is 22.3. The van der Waals surface area contributed by atoms with Gasteiger partial charge in [0.2, 0.25) is 0 Å². The van der Waals surface area contributed by atoms with Crippen molar-refractivity contribution in [3.63, 3.8) is 0 Å². The van der Waals surface area contributed by atoms with Crippen molar-refractivity contribution >= 4 is 22.6 Å². The number of nitrogens with zero attached hydrogens (tertiary/aromatic N) is 6. The zero-order valence-electron chi connectivity index (χ0n) is 18.4. The molecule has 0 spiro atoms. The van der Waals surface area contributed by atoms with E-state index in [-0.39, 0.29) is 5.78 Å². The molecule has 9 heteroatoms. The molecule has 3 aromatic rings. The third-order valence-corrected chi connectivity index (χ3v) is 6.20. The number of rotatable bonds is 5. The molecule has 0 saturated carbocycles. The number of Topliss-reactive ketones (excluding diaryl/α,β-unsaturated/α-hetero) is 1. The van der Waals surface area contributed by atoms with Crippen LogP contribution in [0.4, 0.5) is 5.69 Å². The minimum absolute atomic E-state index is 0.0645. The van der Waals surface area contributed by atoms with Gasteiger partial charge in [-0.25, -0.2) is 9.78 Å². The Morgan fingerprint density at radius 2 is 1.68 bits per heavy atom. The number of hydrogen-bond acceptors (Lipinski definition) is 6. The number of piperazine rings is 1. The third-order valence-electron chi connectivity index (χ3n) is 6.20. The van der Waals surface area contributed by atoms with Crippen molar-refractivity contribution < 1.29 is 4.79 Å². The van der Waals surface area contributed by atoms with Crippen LogP contribution in [-0.2, 0) is 25.4 Å². The Morgan fingerprint density at radius 1 is 1.03 bits per heavy atom. The summed E-state index contributed by atoms with van der Waals surface area (Å²) in [4.78, 5) is 46.8. The summed E-state index contributed by atoms with van der Waals surface area (Å²) >= 11 is 0. The fourth-order valence-electron chi connectivity index (χ4n) is 4.17. The first kappa shape index (κ1) is 21.0. The highest BCUT2D eigenvalue weighted by Gasteiger charge is 2.26. The summed E-state index contributed by atoms with van der Waals surface area (Å²) in [5.41, 5.74) is 0.960. The lowest BCUT2D eigenvalue weighted by Crippen LogP contribution is -2.46. The summed E-state index contributed by atoms with van der Waals surface area (Å²) in [6, 6.07) is 9.77. The lowest BCUT2D eigenvalue weighted by Gasteiger charge is -2.36. The van der Waals surface area contributed by atoms with Crippen LogP contribution in [0, 0.1) is 0 Å². The molecular formula is C22H28N6O3. The second kappa shape index (κ2) is 8.14. The first-order chi connectivity index (χ1) is 14.8. The number of hydrogen-bond donors (Lipinski definition) is 0. The average Bonchev–Trinajstić information content (AvgIpc) is 3.15. The van der Waals surface area contributed by atoms with Crippen molar-refractivity contribution in [2.75, 3.05) is 31.1 Å². The van der Waals surface area contributed by atoms with Gasteiger partial charge in [0.05, 0.1) is 12.6 Å². The van der Waals surface area contributed by atoms with Crippen LogP contribution in [0.1, 0.15) is 25.7 Å². The van der Waals surface area contributed by atoms with E-state index in [4.69, 9.17) is 0 Å². The molecule has 9 nitrogen and oxygen atoms in total. The van der Waals surface area contributed by atoms with Crippen LogP contribution in [0.2, 0.25) is 0 Å². The summed E-state index contributed by atoms with van der Waals surface area (Å²) in [5.74, 6) is 0.564. The monoisotopic (exact) mass is 424 g/mol. The van der Waals surface area contributed by atoms with Crippen molar-refractivity contribution in [2.45, 2.75) is 26.4 Å². The molecule has 0 aliphatic carbocycles. The van der Waals surface area contributed by atoms with Crippen LogP contribution in [0.15, 0.2) is 39.9 Å². The van der Waals surface area contributed by atoms with Gasteiger partial charge in [-0.1, -0.05) is 18.2 Å². The molecular weight excluding hydrogens is 396 g/mol. The van der Waals surface area contributed by atoms with E-state index < -0.39 is 17.3 Å². The third kappa shape index (κ3) is 3.69. The summed E-state index contributed by atoms with van der Waals surface area (Å²) < 4.78 is 4.15. The standard InChI is InChI=1S/C22H28N6O3/c1-15(16(2)29)28-18(23-20-19(28)21(30)25(4)22(31)24(20)3)14-26-10-12-27(13-11-26)17-8-6-5-7-9-17/h5-9,15H,10-14H2,1-4H3/t15-/m0/s1. The summed E-state index contributed by atoms with van der Waals surface area (Å²) in [5, 5.41) is 0. The van der Waals surface area contributed by atoms with E-state index >= 15 is 0 Å². The zero-order valence-corrected chi connectivity index (χ0v) is 18.4. The number of carbonyl (C=O) groups excluding carboxylic acids is 1. The smallest absolute Gasteiger partial charge is 0.332 e. The fourth-order valence-corrected chi connectivity index (χ4v) is 4.17. The number of fused-ring (bicyclic) bond motifs is 1. The second-order valence-corrected chi connectivity index (χ2v) is 8.16. The molecule has 0 N–H and O–H groups in total. The number of aryl methyl sites for hydroxylation is 1. The first-order valence-electron chi connectivity index (χ1n) is 10.5. The summed E-state index contributed by atoms with van der Waals surface area (Å²) in [6.07, 6.45) is 0. The van der Waals surface area contributed by atoms with Crippen LogP contribution in [0.3, 0.4) is 0 Å². The fraction of sp³-hybridized carbons (Fsp3) is 0.455. The Morgan fingerprint density at radius 3 is 2.29 bits per heavy atom. The van der Waals surface area contributed by atoms with Crippen LogP contribution in [-0.4, -0.2) is 55.5 Å². The summed E-state index contributed by atoms with van der Waals surface area (Å²) in [6.45, 7) is 7.22. The molecule has 1 atom stereocenters. The number of carbonyl (C=O) groups is 1. The number of aromatic nitrogens is 4. The molecule has 0 unspecified atom stereocenters. The first-order valence-corrected chi connectivity index (χ1v) is 10.5. The second-order valence-electron chi connectivity index (χ2n) is 8.16. The van der Waals surface area contributed by atoms with Crippen LogP contribution in [0.25, 0.3) is 11.2 Å². The van der Waals surface area contributed by atoms with E-state index in [1.807, 2.05) is 18.2 Å². The van der Waals surface area contributed by atoms with E-state index in [1.165, 1.54) is 24.2 Å². The van der Waals surface area contributed by atoms with E-state index in [9.17, 15) is 14.4 Å². The number of imidazole rings is 1. The largest absolute Gasteiger partial charge is 0.369 e. The van der Waals surface area contributed by atoms with Gasteiger partial charge in [-0.2, -0.15) is 0 Å². The maximum absolute atomic E-state index is 12.9. The Labute approximate surface area is 180 Å². The van der Waals surface area contributed by atoms with Gasteiger partial charge in [0.15, 0.2) is 16.9 Å². The molecule has 2 aromatic heterocycles. The molecule has 1 saturated heterocycles. The van der Waals surface area contributed by atoms with Gasteiger partial charge in [-0.15, -0.1) is 0 Å². The molecule has 1 fully saturated rings. The van der Waals surface area contributed by atoms with Crippen molar-refractivity contribution in [1.82, 2.24) is 23.6 Å². The quantitative estimate of drug-likeness (QED) is 0.605. The van der Waals surface area contributed by atoms with Crippen molar-refractivity contribution in [1.29, 1.82) is 0 Å².